The fourth-order valence-corrected chi connectivity index (χ4v) is 3.79. The van der Waals surface area contributed by atoms with Crippen LogP contribution >= 0.6 is 0 Å². The third-order valence-electron chi connectivity index (χ3n) is 5.23. The van der Waals surface area contributed by atoms with Crippen molar-refractivity contribution in [3.8, 4) is 0 Å². The van der Waals surface area contributed by atoms with Gasteiger partial charge in [-0.2, -0.15) is 0 Å². The van der Waals surface area contributed by atoms with E-state index in [2.05, 4.69) is 47.6 Å². The number of benzene rings is 2. The van der Waals surface area contributed by atoms with Crippen molar-refractivity contribution in [2.45, 2.75) is 45.1 Å². The Kier molecular flexibility index (Phi) is 4.31. The van der Waals surface area contributed by atoms with E-state index in [-0.39, 0.29) is 11.9 Å². The first-order valence-corrected chi connectivity index (χ1v) is 9.16. The first kappa shape index (κ1) is 15.9. The molecular formula is C22H24N2O. The summed E-state index contributed by atoms with van der Waals surface area (Å²) in [5.74, 6) is 0.0659. The van der Waals surface area contributed by atoms with E-state index in [1.165, 1.54) is 47.8 Å². The van der Waals surface area contributed by atoms with Crippen molar-refractivity contribution in [2.75, 3.05) is 0 Å². The number of aromatic nitrogens is 1. The molecule has 0 aliphatic heterocycles. The van der Waals surface area contributed by atoms with Gasteiger partial charge in [0.25, 0.3) is 0 Å². The van der Waals surface area contributed by atoms with Gasteiger partial charge in [0.15, 0.2) is 0 Å². The Morgan fingerprint density at radius 1 is 1.08 bits per heavy atom. The summed E-state index contributed by atoms with van der Waals surface area (Å²) in [6.45, 7) is 2.07. The highest BCUT2D eigenvalue weighted by atomic mass is 16.1. The molecule has 2 aromatic carbocycles. The van der Waals surface area contributed by atoms with Crippen LogP contribution in [0.25, 0.3) is 10.9 Å². The van der Waals surface area contributed by atoms with Crippen molar-refractivity contribution in [3.05, 3.63) is 70.9 Å². The molecule has 3 nitrogen and oxygen atoms in total. The molecule has 0 bridgehead atoms. The van der Waals surface area contributed by atoms with E-state index < -0.39 is 0 Å². The number of hydrogen-bond donors (Lipinski definition) is 2. The van der Waals surface area contributed by atoms with Crippen LogP contribution in [-0.4, -0.2) is 10.9 Å². The second kappa shape index (κ2) is 6.75. The fourth-order valence-electron chi connectivity index (χ4n) is 3.79. The number of aromatic amines is 1. The maximum atomic E-state index is 12.4. The average molecular weight is 332 g/mol. The number of nitrogens with one attached hydrogen (secondary N) is 2. The fraction of sp³-hybridized carbons (Fsp3) is 0.318. The Morgan fingerprint density at radius 2 is 1.92 bits per heavy atom. The summed E-state index contributed by atoms with van der Waals surface area (Å²) in [6.07, 6.45) is 7.26. The molecular weight excluding hydrogens is 308 g/mol. The smallest absolute Gasteiger partial charge is 0.224 e. The van der Waals surface area contributed by atoms with Crippen LogP contribution in [0, 0.1) is 0 Å². The predicted octanol–water partition coefficient (Wildman–Crippen LogP) is 4.47. The van der Waals surface area contributed by atoms with Gasteiger partial charge in [-0.25, -0.2) is 0 Å². The molecule has 0 saturated carbocycles. The second-order valence-corrected chi connectivity index (χ2v) is 7.10. The second-order valence-electron chi connectivity index (χ2n) is 7.10. The lowest BCUT2D eigenvalue weighted by atomic mass is 9.89. The van der Waals surface area contributed by atoms with Gasteiger partial charge in [0.2, 0.25) is 5.91 Å². The molecule has 1 atom stereocenters. The van der Waals surface area contributed by atoms with Crippen LogP contribution < -0.4 is 5.32 Å². The number of carbonyl (C=O) groups is 1. The zero-order chi connectivity index (χ0) is 17.2. The maximum absolute atomic E-state index is 12.4. The number of carbonyl (C=O) groups excluding carboxylic acids is 1. The van der Waals surface area contributed by atoms with E-state index in [1.807, 2.05) is 18.3 Å². The van der Waals surface area contributed by atoms with Gasteiger partial charge in [-0.3, -0.25) is 4.79 Å². The van der Waals surface area contributed by atoms with Crippen molar-refractivity contribution in [3.63, 3.8) is 0 Å². The number of amides is 1. The topological polar surface area (TPSA) is 44.9 Å². The quantitative estimate of drug-likeness (QED) is 0.727. The SMILES string of the molecule is CC(NC(=O)Cc1ccc2cc[nH]c2c1)c1ccc2c(c1)CCCC2. The lowest BCUT2D eigenvalue weighted by Crippen LogP contribution is -2.28. The number of fused-ring (bicyclic) bond motifs is 2. The minimum atomic E-state index is 0.0361. The number of hydrogen-bond acceptors (Lipinski definition) is 1. The Morgan fingerprint density at radius 3 is 2.80 bits per heavy atom. The van der Waals surface area contributed by atoms with E-state index in [1.54, 1.807) is 0 Å². The molecule has 1 aliphatic carbocycles. The van der Waals surface area contributed by atoms with Gasteiger partial charge >= 0.3 is 0 Å². The summed E-state index contributed by atoms with van der Waals surface area (Å²) in [5.41, 5.74) is 6.25. The van der Waals surface area contributed by atoms with Gasteiger partial charge in [0, 0.05) is 11.7 Å². The zero-order valence-corrected chi connectivity index (χ0v) is 14.6. The molecule has 0 fully saturated rings. The molecule has 3 heteroatoms. The summed E-state index contributed by atoms with van der Waals surface area (Å²) in [5, 5.41) is 4.32. The van der Waals surface area contributed by atoms with Gasteiger partial charge in [0.05, 0.1) is 12.5 Å². The summed E-state index contributed by atoms with van der Waals surface area (Å²) in [4.78, 5) is 15.6. The first-order valence-electron chi connectivity index (χ1n) is 9.16. The maximum Gasteiger partial charge on any atom is 0.224 e. The molecule has 2 N–H and O–H groups in total. The molecule has 1 aliphatic rings. The standard InChI is InChI=1S/C22H24N2O/c1-15(19-9-8-17-4-2-3-5-20(17)14-19)24-22(25)13-16-6-7-18-10-11-23-21(18)12-16/h6-12,14-15,23H,2-5,13H2,1H3,(H,24,25). The lowest BCUT2D eigenvalue weighted by molar-refractivity contribution is -0.121. The minimum Gasteiger partial charge on any atom is -0.361 e. The summed E-state index contributed by atoms with van der Waals surface area (Å²) >= 11 is 0. The molecule has 4 rings (SSSR count). The molecule has 3 aromatic rings. The lowest BCUT2D eigenvalue weighted by Gasteiger charge is -2.20. The zero-order valence-electron chi connectivity index (χ0n) is 14.6. The Labute approximate surface area is 148 Å². The minimum absolute atomic E-state index is 0.0361. The van der Waals surface area contributed by atoms with Crippen LogP contribution in [0.1, 0.15) is 48.1 Å². The van der Waals surface area contributed by atoms with E-state index in [0.29, 0.717) is 6.42 Å². The molecule has 0 radical (unpaired) electrons. The van der Waals surface area contributed by atoms with Crippen LogP contribution in [0.2, 0.25) is 0 Å². The third kappa shape index (κ3) is 3.46. The highest BCUT2D eigenvalue weighted by Crippen LogP contribution is 2.25. The molecule has 0 spiro atoms. The Bertz CT molecular complexity index is 909. The highest BCUT2D eigenvalue weighted by molar-refractivity contribution is 5.83. The molecule has 1 aromatic heterocycles. The Hall–Kier alpha value is -2.55. The summed E-state index contributed by atoms with van der Waals surface area (Å²) in [7, 11) is 0. The molecule has 25 heavy (non-hydrogen) atoms. The van der Waals surface area contributed by atoms with Crippen LogP contribution in [0.4, 0.5) is 0 Å². The highest BCUT2D eigenvalue weighted by Gasteiger charge is 2.14. The first-order chi connectivity index (χ1) is 12.2. The Balaban J connectivity index is 1.43. The molecule has 0 saturated heterocycles. The summed E-state index contributed by atoms with van der Waals surface area (Å²) < 4.78 is 0. The van der Waals surface area contributed by atoms with Crippen LogP contribution in [0.15, 0.2) is 48.7 Å². The van der Waals surface area contributed by atoms with Crippen molar-refractivity contribution in [2.24, 2.45) is 0 Å². The van der Waals surface area contributed by atoms with Gasteiger partial charge in [-0.15, -0.1) is 0 Å². The van der Waals surface area contributed by atoms with Crippen LogP contribution in [-0.2, 0) is 24.1 Å². The van der Waals surface area contributed by atoms with Crippen molar-refractivity contribution < 1.29 is 4.79 Å². The monoisotopic (exact) mass is 332 g/mol. The van der Waals surface area contributed by atoms with Crippen LogP contribution in [0.5, 0.6) is 0 Å². The number of rotatable bonds is 4. The summed E-state index contributed by atoms with van der Waals surface area (Å²) in [6, 6.07) is 14.9. The van der Waals surface area contributed by atoms with Crippen molar-refractivity contribution in [1.82, 2.24) is 10.3 Å². The normalized spacial score (nSPS) is 14.9. The molecule has 1 amide bonds. The molecule has 128 valence electrons. The largest absolute Gasteiger partial charge is 0.361 e. The van der Waals surface area contributed by atoms with E-state index in [0.717, 1.165) is 11.1 Å². The van der Waals surface area contributed by atoms with Gasteiger partial charge < -0.3 is 10.3 Å². The molecule has 1 heterocycles. The van der Waals surface area contributed by atoms with Gasteiger partial charge in [0.1, 0.15) is 0 Å². The predicted molar refractivity (Wildman–Crippen MR) is 102 cm³/mol. The van der Waals surface area contributed by atoms with E-state index in [4.69, 9.17) is 0 Å². The van der Waals surface area contributed by atoms with E-state index in [9.17, 15) is 4.79 Å². The third-order valence-corrected chi connectivity index (χ3v) is 5.23. The number of H-pyrrole nitrogens is 1. The molecule has 1 unspecified atom stereocenters. The van der Waals surface area contributed by atoms with E-state index >= 15 is 0 Å². The van der Waals surface area contributed by atoms with Gasteiger partial charge in [-0.05, 0) is 72.4 Å². The number of aryl methyl sites for hydroxylation is 2. The van der Waals surface area contributed by atoms with Crippen molar-refractivity contribution >= 4 is 16.8 Å². The average Bonchev–Trinajstić information content (AvgIpc) is 3.09. The van der Waals surface area contributed by atoms with Crippen LogP contribution in [0.3, 0.4) is 0 Å². The van der Waals surface area contributed by atoms with Crippen molar-refractivity contribution in [1.29, 1.82) is 0 Å². The van der Waals surface area contributed by atoms with Gasteiger partial charge in [-0.1, -0.05) is 30.3 Å².